The zero-order valence-corrected chi connectivity index (χ0v) is 12.2. The number of hydrogen-bond acceptors (Lipinski definition) is 4. The van der Waals surface area contributed by atoms with Crippen molar-refractivity contribution in [3.8, 4) is 11.5 Å². The van der Waals surface area contributed by atoms with Crippen molar-refractivity contribution in [3.05, 3.63) is 59.7 Å². The SMILES string of the molecule is COc1ccc(C=NNC(N)=O)cc1OCc1ccccc1. The highest BCUT2D eigenvalue weighted by molar-refractivity contribution is 5.82. The summed E-state index contributed by atoms with van der Waals surface area (Å²) in [6, 6.07) is 14.4. The van der Waals surface area contributed by atoms with Crippen LogP contribution >= 0.6 is 0 Å². The molecule has 22 heavy (non-hydrogen) atoms. The van der Waals surface area contributed by atoms with E-state index in [1.807, 2.05) is 30.3 Å². The molecule has 0 aliphatic heterocycles. The van der Waals surface area contributed by atoms with Crippen LogP contribution in [0.4, 0.5) is 4.79 Å². The van der Waals surface area contributed by atoms with Crippen LogP contribution in [0.1, 0.15) is 11.1 Å². The second-order valence-electron chi connectivity index (χ2n) is 4.42. The van der Waals surface area contributed by atoms with Crippen LogP contribution < -0.4 is 20.6 Å². The number of nitrogens with one attached hydrogen (secondary N) is 1. The minimum atomic E-state index is -0.717. The molecule has 0 aliphatic rings. The first-order valence-electron chi connectivity index (χ1n) is 6.62. The summed E-state index contributed by atoms with van der Waals surface area (Å²) >= 11 is 0. The molecule has 0 unspecified atom stereocenters. The summed E-state index contributed by atoms with van der Waals surface area (Å²) in [6.07, 6.45) is 1.47. The number of nitrogens with zero attached hydrogens (tertiary/aromatic N) is 1. The molecule has 0 fully saturated rings. The number of methoxy groups -OCH3 is 1. The lowest BCUT2D eigenvalue weighted by molar-refractivity contribution is 0.249. The van der Waals surface area contributed by atoms with Crippen LogP contribution in [0, 0.1) is 0 Å². The molecular formula is C16H17N3O3. The Morgan fingerprint density at radius 1 is 1.23 bits per heavy atom. The van der Waals surface area contributed by atoms with Crippen LogP contribution in [0.5, 0.6) is 11.5 Å². The molecule has 0 heterocycles. The largest absolute Gasteiger partial charge is 0.493 e. The Bertz CT molecular complexity index is 657. The number of amides is 2. The molecular weight excluding hydrogens is 282 g/mol. The van der Waals surface area contributed by atoms with Gasteiger partial charge in [0.05, 0.1) is 13.3 Å². The highest BCUT2D eigenvalue weighted by Gasteiger charge is 2.05. The van der Waals surface area contributed by atoms with Gasteiger partial charge in [0.2, 0.25) is 0 Å². The van der Waals surface area contributed by atoms with Crippen molar-refractivity contribution in [2.75, 3.05) is 7.11 Å². The highest BCUT2D eigenvalue weighted by atomic mass is 16.5. The summed E-state index contributed by atoms with van der Waals surface area (Å²) < 4.78 is 11.1. The Labute approximate surface area is 128 Å². The van der Waals surface area contributed by atoms with Crippen LogP contribution in [0.25, 0.3) is 0 Å². The van der Waals surface area contributed by atoms with E-state index in [9.17, 15) is 4.79 Å². The van der Waals surface area contributed by atoms with Gasteiger partial charge < -0.3 is 15.2 Å². The van der Waals surface area contributed by atoms with E-state index >= 15 is 0 Å². The van der Waals surface area contributed by atoms with E-state index in [0.29, 0.717) is 18.1 Å². The molecule has 3 N–H and O–H groups in total. The van der Waals surface area contributed by atoms with Gasteiger partial charge in [-0.2, -0.15) is 5.10 Å². The molecule has 0 aliphatic carbocycles. The van der Waals surface area contributed by atoms with E-state index in [0.717, 1.165) is 11.1 Å². The Morgan fingerprint density at radius 2 is 2.00 bits per heavy atom. The van der Waals surface area contributed by atoms with E-state index in [1.54, 1.807) is 25.3 Å². The van der Waals surface area contributed by atoms with E-state index in [2.05, 4.69) is 10.5 Å². The van der Waals surface area contributed by atoms with Crippen LogP contribution in [0.15, 0.2) is 53.6 Å². The Balaban J connectivity index is 2.10. The normalized spacial score (nSPS) is 10.4. The van der Waals surface area contributed by atoms with Gasteiger partial charge in [-0.3, -0.25) is 0 Å². The lowest BCUT2D eigenvalue weighted by Crippen LogP contribution is -2.24. The maximum Gasteiger partial charge on any atom is 0.332 e. The Morgan fingerprint density at radius 3 is 2.68 bits per heavy atom. The minimum absolute atomic E-state index is 0.428. The number of hydrazone groups is 1. The van der Waals surface area contributed by atoms with E-state index in [-0.39, 0.29) is 0 Å². The molecule has 0 aromatic heterocycles. The van der Waals surface area contributed by atoms with Crippen LogP contribution in [-0.2, 0) is 6.61 Å². The standard InChI is InChI=1S/C16H17N3O3/c1-21-14-8-7-13(10-18-19-16(17)20)9-15(14)22-11-12-5-3-2-4-6-12/h2-10H,11H2,1H3,(H3,17,19,20). The molecule has 0 atom stereocenters. The molecule has 0 saturated heterocycles. The maximum absolute atomic E-state index is 10.6. The third-order valence-electron chi connectivity index (χ3n) is 2.81. The lowest BCUT2D eigenvalue weighted by Gasteiger charge is -2.11. The van der Waals surface area contributed by atoms with Crippen molar-refractivity contribution >= 4 is 12.2 Å². The predicted octanol–water partition coefficient (Wildman–Crippen LogP) is 2.28. The summed E-state index contributed by atoms with van der Waals surface area (Å²) in [5.74, 6) is 1.21. The van der Waals surface area contributed by atoms with Gasteiger partial charge in [-0.15, -0.1) is 0 Å². The summed E-state index contributed by atoms with van der Waals surface area (Å²) in [6.45, 7) is 0.428. The van der Waals surface area contributed by atoms with Gasteiger partial charge in [-0.1, -0.05) is 30.3 Å². The smallest absolute Gasteiger partial charge is 0.332 e. The van der Waals surface area contributed by atoms with Gasteiger partial charge in [0.1, 0.15) is 6.61 Å². The quantitative estimate of drug-likeness (QED) is 0.633. The molecule has 0 bridgehead atoms. The predicted molar refractivity (Wildman–Crippen MR) is 84.1 cm³/mol. The van der Waals surface area contributed by atoms with Crippen molar-refractivity contribution in [3.63, 3.8) is 0 Å². The molecule has 6 nitrogen and oxygen atoms in total. The fraction of sp³-hybridized carbons (Fsp3) is 0.125. The van der Waals surface area contributed by atoms with Gasteiger partial charge in [0.25, 0.3) is 0 Å². The molecule has 2 aromatic carbocycles. The number of hydrogen-bond donors (Lipinski definition) is 2. The molecule has 0 radical (unpaired) electrons. The average molecular weight is 299 g/mol. The van der Waals surface area contributed by atoms with Gasteiger partial charge >= 0.3 is 6.03 Å². The van der Waals surface area contributed by atoms with Crippen molar-refractivity contribution in [1.82, 2.24) is 5.43 Å². The highest BCUT2D eigenvalue weighted by Crippen LogP contribution is 2.28. The summed E-state index contributed by atoms with van der Waals surface area (Å²) in [5.41, 5.74) is 8.87. The van der Waals surface area contributed by atoms with Gasteiger partial charge in [-0.05, 0) is 29.3 Å². The fourth-order valence-corrected chi connectivity index (χ4v) is 1.79. The first-order valence-corrected chi connectivity index (χ1v) is 6.62. The Hall–Kier alpha value is -3.02. The maximum atomic E-state index is 10.6. The Kier molecular flexibility index (Phi) is 5.37. The number of urea groups is 1. The van der Waals surface area contributed by atoms with Crippen molar-refractivity contribution in [1.29, 1.82) is 0 Å². The number of carbonyl (C=O) groups is 1. The van der Waals surface area contributed by atoms with E-state index in [1.165, 1.54) is 6.21 Å². The van der Waals surface area contributed by atoms with Crippen molar-refractivity contribution < 1.29 is 14.3 Å². The second kappa shape index (κ2) is 7.68. The molecule has 6 heteroatoms. The zero-order valence-electron chi connectivity index (χ0n) is 12.2. The lowest BCUT2D eigenvalue weighted by atomic mass is 10.2. The number of ether oxygens (including phenoxy) is 2. The molecule has 2 rings (SSSR count). The zero-order chi connectivity index (χ0) is 15.8. The van der Waals surface area contributed by atoms with E-state index < -0.39 is 6.03 Å². The first-order chi connectivity index (χ1) is 10.7. The van der Waals surface area contributed by atoms with Crippen molar-refractivity contribution in [2.24, 2.45) is 10.8 Å². The number of primary amides is 1. The summed E-state index contributed by atoms with van der Waals surface area (Å²) in [5, 5.41) is 3.71. The first kappa shape index (κ1) is 15.4. The summed E-state index contributed by atoms with van der Waals surface area (Å²) in [4.78, 5) is 10.6. The number of rotatable bonds is 6. The van der Waals surface area contributed by atoms with Crippen molar-refractivity contribution in [2.45, 2.75) is 6.61 Å². The third kappa shape index (κ3) is 4.52. The molecule has 114 valence electrons. The number of benzene rings is 2. The van der Waals surface area contributed by atoms with Crippen LogP contribution in [0.2, 0.25) is 0 Å². The van der Waals surface area contributed by atoms with Gasteiger partial charge in [0, 0.05) is 0 Å². The fourth-order valence-electron chi connectivity index (χ4n) is 1.79. The monoisotopic (exact) mass is 299 g/mol. The summed E-state index contributed by atoms with van der Waals surface area (Å²) in [7, 11) is 1.58. The average Bonchev–Trinajstić information content (AvgIpc) is 2.54. The number of nitrogens with two attached hydrogens (primary N) is 1. The molecule has 0 saturated carbocycles. The van der Waals surface area contributed by atoms with Crippen LogP contribution in [-0.4, -0.2) is 19.4 Å². The van der Waals surface area contributed by atoms with Crippen LogP contribution in [0.3, 0.4) is 0 Å². The third-order valence-corrected chi connectivity index (χ3v) is 2.81. The minimum Gasteiger partial charge on any atom is -0.493 e. The molecule has 0 spiro atoms. The number of carbonyl (C=O) groups excluding carboxylic acids is 1. The van der Waals surface area contributed by atoms with E-state index in [4.69, 9.17) is 15.2 Å². The van der Waals surface area contributed by atoms with Gasteiger partial charge in [-0.25, -0.2) is 10.2 Å². The molecule has 2 amide bonds. The van der Waals surface area contributed by atoms with Gasteiger partial charge in [0.15, 0.2) is 11.5 Å². The molecule has 2 aromatic rings. The topological polar surface area (TPSA) is 85.9 Å². The second-order valence-corrected chi connectivity index (χ2v) is 4.42.